The molecule has 0 saturated heterocycles. The van der Waals surface area contributed by atoms with Gasteiger partial charge in [-0.3, -0.25) is 0 Å². The molecule has 2 aliphatic carbocycles. The van der Waals surface area contributed by atoms with Gasteiger partial charge in [-0.2, -0.15) is 0 Å². The number of benzene rings is 8. The van der Waals surface area contributed by atoms with E-state index in [0.29, 0.717) is 17.5 Å². The normalized spacial score (nSPS) is 13.7. The molecule has 2 aromatic heterocycles. The fourth-order valence-electron chi connectivity index (χ4n) is 9.58. The van der Waals surface area contributed by atoms with Gasteiger partial charge in [0.05, 0.1) is 0 Å². The number of furan rings is 1. The number of rotatable bonds is 5. The molecule has 4 nitrogen and oxygen atoms in total. The van der Waals surface area contributed by atoms with Crippen molar-refractivity contribution in [2.24, 2.45) is 0 Å². The summed E-state index contributed by atoms with van der Waals surface area (Å²) in [6.07, 6.45) is 9.78. The van der Waals surface area contributed by atoms with Gasteiger partial charge >= 0.3 is 0 Å². The van der Waals surface area contributed by atoms with Crippen molar-refractivity contribution in [3.63, 3.8) is 0 Å². The fourth-order valence-corrected chi connectivity index (χ4v) is 9.58. The summed E-state index contributed by atoms with van der Waals surface area (Å²) in [5.74, 6) is 1.94. The first-order chi connectivity index (χ1) is 30.0. The maximum Gasteiger partial charge on any atom is 0.164 e. The van der Waals surface area contributed by atoms with Crippen LogP contribution in [-0.2, 0) is 5.41 Å². The lowest BCUT2D eigenvalue weighted by Crippen LogP contribution is -2.15. The molecule has 10 aromatic rings. The molecule has 0 radical (unpaired) electrons. The highest BCUT2D eigenvalue weighted by molar-refractivity contribution is 6.06. The second-order valence-electron chi connectivity index (χ2n) is 16.7. The molecule has 2 aliphatic rings. The van der Waals surface area contributed by atoms with E-state index >= 15 is 0 Å². The first-order valence-electron chi connectivity index (χ1n) is 21.0. The minimum atomic E-state index is -0.155. The number of hydrogen-bond acceptors (Lipinski definition) is 4. The van der Waals surface area contributed by atoms with Gasteiger partial charge in [0.1, 0.15) is 11.2 Å². The highest BCUT2D eigenvalue weighted by Crippen LogP contribution is 2.49. The summed E-state index contributed by atoms with van der Waals surface area (Å²) in [6.45, 7) is 4.63. The fraction of sp³-hybridized carbons (Fsp3) is 0.0702. The molecule has 0 unspecified atom stereocenters. The van der Waals surface area contributed by atoms with E-state index in [2.05, 4.69) is 190 Å². The van der Waals surface area contributed by atoms with Crippen LogP contribution in [-0.4, -0.2) is 15.0 Å². The molecule has 0 fully saturated rings. The number of aromatic nitrogens is 3. The summed E-state index contributed by atoms with van der Waals surface area (Å²) in [4.78, 5) is 15.9. The second kappa shape index (κ2) is 13.7. The zero-order valence-electron chi connectivity index (χ0n) is 33.9. The minimum absolute atomic E-state index is 0.155. The Morgan fingerprint density at radius 3 is 1.82 bits per heavy atom. The van der Waals surface area contributed by atoms with Crippen molar-refractivity contribution < 1.29 is 4.42 Å². The van der Waals surface area contributed by atoms with Crippen LogP contribution in [0.25, 0.3) is 112 Å². The van der Waals surface area contributed by atoms with E-state index in [4.69, 9.17) is 19.4 Å². The molecule has 0 bridgehead atoms. The Balaban J connectivity index is 1.00. The lowest BCUT2D eigenvalue weighted by Gasteiger charge is -2.22. The van der Waals surface area contributed by atoms with Crippen molar-refractivity contribution in [2.45, 2.75) is 25.7 Å². The van der Waals surface area contributed by atoms with Crippen LogP contribution in [0, 0.1) is 0 Å². The third kappa shape index (κ3) is 5.78. The molecule has 12 rings (SSSR count). The Kier molecular flexibility index (Phi) is 7.91. The van der Waals surface area contributed by atoms with Crippen LogP contribution in [0.5, 0.6) is 0 Å². The van der Waals surface area contributed by atoms with Crippen molar-refractivity contribution in [2.75, 3.05) is 0 Å². The molecule has 0 spiro atoms. The first-order valence-corrected chi connectivity index (χ1v) is 21.0. The molecule has 4 heteroatoms. The third-order valence-corrected chi connectivity index (χ3v) is 12.7. The van der Waals surface area contributed by atoms with Gasteiger partial charge in [-0.05, 0) is 115 Å². The number of nitrogens with zero attached hydrogens (tertiary/aromatic N) is 3. The van der Waals surface area contributed by atoms with E-state index in [1.54, 1.807) is 0 Å². The number of fused-ring (bicyclic) bond motifs is 8. The largest absolute Gasteiger partial charge is 0.456 e. The van der Waals surface area contributed by atoms with Gasteiger partial charge in [-0.1, -0.05) is 159 Å². The van der Waals surface area contributed by atoms with E-state index in [9.17, 15) is 0 Å². The van der Waals surface area contributed by atoms with E-state index in [-0.39, 0.29) is 5.41 Å². The van der Waals surface area contributed by atoms with Gasteiger partial charge in [0.2, 0.25) is 0 Å². The van der Waals surface area contributed by atoms with Crippen LogP contribution < -0.4 is 0 Å². The average molecular weight is 782 g/mol. The Hall–Kier alpha value is -7.69. The van der Waals surface area contributed by atoms with Crippen LogP contribution in [0.15, 0.2) is 180 Å². The maximum absolute atomic E-state index is 6.12. The first kappa shape index (κ1) is 35.3. The summed E-state index contributed by atoms with van der Waals surface area (Å²) in [6, 6.07) is 58.4. The van der Waals surface area contributed by atoms with Gasteiger partial charge in [0.25, 0.3) is 0 Å². The van der Waals surface area contributed by atoms with Crippen molar-refractivity contribution >= 4 is 44.9 Å². The number of hydrogen-bond donors (Lipinski definition) is 0. The quantitative estimate of drug-likeness (QED) is 0.174. The topological polar surface area (TPSA) is 51.8 Å². The zero-order valence-corrected chi connectivity index (χ0v) is 33.9. The highest BCUT2D eigenvalue weighted by atomic mass is 16.3. The van der Waals surface area contributed by atoms with Crippen molar-refractivity contribution in [3.8, 4) is 67.5 Å². The summed E-state index contributed by atoms with van der Waals surface area (Å²) in [5.41, 5.74) is 16.7. The van der Waals surface area contributed by atoms with E-state index < -0.39 is 0 Å². The van der Waals surface area contributed by atoms with Crippen molar-refractivity contribution in [1.29, 1.82) is 0 Å². The van der Waals surface area contributed by atoms with E-state index in [1.807, 2.05) is 12.1 Å². The Labute approximate surface area is 354 Å². The van der Waals surface area contributed by atoms with Crippen molar-refractivity contribution in [1.82, 2.24) is 15.0 Å². The third-order valence-electron chi connectivity index (χ3n) is 12.7. The molecular weight excluding hydrogens is 743 g/mol. The van der Waals surface area contributed by atoms with Gasteiger partial charge in [-0.15, -0.1) is 0 Å². The second-order valence-corrected chi connectivity index (χ2v) is 16.7. The standard InChI is InChI=1S/C57H39N3O/c1-57(2)50-19-11-9-17-45(50)46-27-25-41(34-51(46)57)55-58-54(59-56(60-55)48-29-28-42(35-13-5-3-6-14-35)43-15-7-4-8-16-44(43)48)40-24-23-36-31-37(21-22-38(36)32-40)39-26-30-53-49(33-39)47-18-10-12-20-52(47)61-53/h3,5-34H,4H2,1-2H3. The van der Waals surface area contributed by atoms with E-state index in [1.165, 1.54) is 38.9 Å². The van der Waals surface area contributed by atoms with Gasteiger partial charge in [0, 0.05) is 32.9 Å². The Morgan fingerprint density at radius 2 is 0.984 bits per heavy atom. The summed E-state index contributed by atoms with van der Waals surface area (Å²) >= 11 is 0. The van der Waals surface area contributed by atoms with Gasteiger partial charge < -0.3 is 4.42 Å². The predicted molar refractivity (Wildman–Crippen MR) is 252 cm³/mol. The summed E-state index contributed by atoms with van der Waals surface area (Å²) in [7, 11) is 0. The van der Waals surface area contributed by atoms with Gasteiger partial charge in [-0.25, -0.2) is 15.0 Å². The lowest BCUT2D eigenvalue weighted by molar-refractivity contribution is 0.660. The zero-order chi connectivity index (χ0) is 40.7. The van der Waals surface area contributed by atoms with Crippen LogP contribution in [0.1, 0.15) is 42.5 Å². The summed E-state index contributed by atoms with van der Waals surface area (Å²) < 4.78 is 6.12. The van der Waals surface area contributed by atoms with Crippen molar-refractivity contribution in [3.05, 3.63) is 198 Å². The molecule has 8 aromatic carbocycles. The molecular formula is C57H39N3O. The van der Waals surface area contributed by atoms with E-state index in [0.717, 1.165) is 72.5 Å². The highest BCUT2D eigenvalue weighted by Gasteiger charge is 2.35. The molecule has 0 amide bonds. The Morgan fingerprint density at radius 1 is 0.410 bits per heavy atom. The molecule has 288 valence electrons. The van der Waals surface area contributed by atoms with Crippen LogP contribution in [0.2, 0.25) is 0 Å². The summed E-state index contributed by atoms with van der Waals surface area (Å²) in [5, 5.41) is 4.52. The molecule has 2 heterocycles. The number of para-hydroxylation sites is 1. The smallest absolute Gasteiger partial charge is 0.164 e. The average Bonchev–Trinajstić information content (AvgIpc) is 3.65. The molecule has 0 N–H and O–H groups in total. The molecule has 0 aliphatic heterocycles. The SMILES string of the molecule is CC1(C)c2ccccc2-c2ccc(-c3nc(-c4ccc5cc(-c6ccc7oc8ccccc8c7c6)ccc5c4)nc(-c4ccc(-c5ccccc5)c5c4C=CCC=C5)n3)cc21. The lowest BCUT2D eigenvalue weighted by atomic mass is 9.82. The monoisotopic (exact) mass is 781 g/mol. The molecule has 0 atom stereocenters. The minimum Gasteiger partial charge on any atom is -0.456 e. The van der Waals surface area contributed by atoms with Crippen LogP contribution >= 0.6 is 0 Å². The molecule has 61 heavy (non-hydrogen) atoms. The predicted octanol–water partition coefficient (Wildman–Crippen LogP) is 15.0. The van der Waals surface area contributed by atoms with Crippen LogP contribution in [0.4, 0.5) is 0 Å². The number of allylic oxidation sites excluding steroid dienone is 2. The molecule has 0 saturated carbocycles. The van der Waals surface area contributed by atoms with Gasteiger partial charge in [0.15, 0.2) is 17.5 Å². The Bertz CT molecular complexity index is 3480. The maximum atomic E-state index is 6.12. The van der Waals surface area contributed by atoms with Crippen LogP contribution in [0.3, 0.4) is 0 Å².